The topological polar surface area (TPSA) is 55.4 Å². The highest BCUT2D eigenvalue weighted by atomic mass is 28.4. The van der Waals surface area contributed by atoms with E-state index in [0.717, 1.165) is 18.9 Å². The molecule has 19 heavy (non-hydrogen) atoms. The molecule has 0 spiro atoms. The standard InChI is InChI=1S/C12H24O6Si/c1-5-8-19(13-3,14-4)16-9-12-10(2)15-7-6-11(17-12)18-12/h10-11H,5-9H2,1-4H3. The van der Waals surface area contributed by atoms with E-state index in [1.165, 1.54) is 0 Å². The predicted molar refractivity (Wildman–Crippen MR) is 69.5 cm³/mol. The maximum Gasteiger partial charge on any atom is 0.500 e. The third-order valence-corrected chi connectivity index (χ3v) is 6.61. The van der Waals surface area contributed by atoms with Crippen LogP contribution < -0.4 is 0 Å². The van der Waals surface area contributed by atoms with Gasteiger partial charge in [-0.1, -0.05) is 13.3 Å². The molecule has 3 aliphatic heterocycles. The van der Waals surface area contributed by atoms with E-state index in [1.54, 1.807) is 14.2 Å². The van der Waals surface area contributed by atoms with Crippen LogP contribution in [0.15, 0.2) is 0 Å². The van der Waals surface area contributed by atoms with Crippen molar-refractivity contribution in [3.63, 3.8) is 0 Å². The lowest BCUT2D eigenvalue weighted by Gasteiger charge is -2.48. The maximum absolute atomic E-state index is 5.94. The Bertz CT molecular complexity index is 290. The SMILES string of the molecule is CCC[Si](OC)(OC)OCC12OC(CCOC1C)O2. The molecule has 0 amide bonds. The lowest BCUT2D eigenvalue weighted by molar-refractivity contribution is -0.466. The summed E-state index contributed by atoms with van der Waals surface area (Å²) in [7, 11) is 0.641. The fourth-order valence-electron chi connectivity index (χ4n) is 2.41. The molecule has 3 heterocycles. The molecule has 0 aromatic rings. The van der Waals surface area contributed by atoms with Crippen LogP contribution in [0.5, 0.6) is 0 Å². The summed E-state index contributed by atoms with van der Waals surface area (Å²) in [4.78, 5) is 0. The molecule has 0 aromatic heterocycles. The van der Waals surface area contributed by atoms with Gasteiger partial charge in [0.1, 0.15) is 6.10 Å². The van der Waals surface area contributed by atoms with Crippen LogP contribution in [0.2, 0.25) is 6.04 Å². The van der Waals surface area contributed by atoms with Crippen LogP contribution in [0.4, 0.5) is 0 Å². The van der Waals surface area contributed by atoms with Crippen LogP contribution in [0, 0.1) is 0 Å². The van der Waals surface area contributed by atoms with Gasteiger partial charge in [-0.05, 0) is 6.92 Å². The van der Waals surface area contributed by atoms with Gasteiger partial charge < -0.3 is 27.5 Å². The summed E-state index contributed by atoms with van der Waals surface area (Å²) in [6.45, 7) is 4.94. The van der Waals surface area contributed by atoms with E-state index in [0.29, 0.717) is 6.61 Å². The minimum Gasteiger partial charge on any atom is -0.377 e. The van der Waals surface area contributed by atoms with Crippen LogP contribution in [-0.4, -0.2) is 54.4 Å². The first-order chi connectivity index (χ1) is 9.10. The zero-order valence-corrected chi connectivity index (χ0v) is 13.1. The Balaban J connectivity index is 1.96. The van der Waals surface area contributed by atoms with E-state index in [2.05, 4.69) is 6.92 Å². The number of hydrogen-bond acceptors (Lipinski definition) is 6. The summed E-state index contributed by atoms with van der Waals surface area (Å²) < 4.78 is 34.2. The highest BCUT2D eigenvalue weighted by molar-refractivity contribution is 6.60. The third-order valence-electron chi connectivity index (χ3n) is 3.67. The molecular weight excluding hydrogens is 268 g/mol. The quantitative estimate of drug-likeness (QED) is 0.663. The van der Waals surface area contributed by atoms with Gasteiger partial charge in [-0.3, -0.25) is 0 Å². The van der Waals surface area contributed by atoms with Gasteiger partial charge >= 0.3 is 8.80 Å². The zero-order valence-electron chi connectivity index (χ0n) is 12.1. The van der Waals surface area contributed by atoms with Crippen LogP contribution >= 0.6 is 0 Å². The first kappa shape index (κ1) is 15.4. The summed E-state index contributed by atoms with van der Waals surface area (Å²) in [6.07, 6.45) is 1.38. The van der Waals surface area contributed by atoms with Gasteiger partial charge in [0, 0.05) is 26.7 Å². The molecule has 0 radical (unpaired) electrons. The van der Waals surface area contributed by atoms with E-state index in [1.807, 2.05) is 6.92 Å². The van der Waals surface area contributed by atoms with Crippen LogP contribution in [0.3, 0.4) is 0 Å². The second kappa shape index (κ2) is 6.17. The van der Waals surface area contributed by atoms with Crippen molar-refractivity contribution < 1.29 is 27.5 Å². The van der Waals surface area contributed by atoms with Gasteiger partial charge in [-0.25, -0.2) is 0 Å². The van der Waals surface area contributed by atoms with Crippen molar-refractivity contribution in [1.29, 1.82) is 0 Å². The smallest absolute Gasteiger partial charge is 0.377 e. The summed E-state index contributed by atoms with van der Waals surface area (Å²) >= 11 is 0. The fraction of sp³-hybridized carbons (Fsp3) is 1.00. The zero-order chi connectivity index (χ0) is 13.9. The van der Waals surface area contributed by atoms with Gasteiger partial charge in [-0.15, -0.1) is 0 Å². The van der Waals surface area contributed by atoms with Crippen LogP contribution in [0.1, 0.15) is 26.7 Å². The Morgan fingerprint density at radius 3 is 2.53 bits per heavy atom. The van der Waals surface area contributed by atoms with Crippen molar-refractivity contribution in [1.82, 2.24) is 0 Å². The molecule has 2 bridgehead atoms. The van der Waals surface area contributed by atoms with E-state index in [9.17, 15) is 0 Å². The first-order valence-electron chi connectivity index (χ1n) is 6.81. The Labute approximate surface area is 115 Å². The molecule has 0 saturated carbocycles. The highest BCUT2D eigenvalue weighted by Crippen LogP contribution is 2.39. The van der Waals surface area contributed by atoms with Crippen molar-refractivity contribution in [2.75, 3.05) is 27.4 Å². The summed E-state index contributed by atoms with van der Waals surface area (Å²) in [5, 5.41) is 0. The molecule has 0 aliphatic carbocycles. The number of rotatable bonds is 7. The van der Waals surface area contributed by atoms with Gasteiger partial charge in [0.15, 0.2) is 6.29 Å². The second-order valence-corrected chi connectivity index (χ2v) is 7.88. The van der Waals surface area contributed by atoms with Crippen molar-refractivity contribution in [2.24, 2.45) is 0 Å². The molecule has 3 saturated heterocycles. The molecule has 7 heteroatoms. The average molecular weight is 292 g/mol. The highest BCUT2D eigenvalue weighted by Gasteiger charge is 2.55. The first-order valence-corrected chi connectivity index (χ1v) is 8.74. The monoisotopic (exact) mass is 292 g/mol. The normalized spacial score (nSPS) is 34.7. The van der Waals surface area contributed by atoms with E-state index in [4.69, 9.17) is 27.5 Å². The molecule has 6 nitrogen and oxygen atoms in total. The van der Waals surface area contributed by atoms with E-state index >= 15 is 0 Å². The summed E-state index contributed by atoms with van der Waals surface area (Å²) in [6, 6.07) is 0.773. The number of hydrogen-bond donors (Lipinski definition) is 0. The Morgan fingerprint density at radius 2 is 1.95 bits per heavy atom. The van der Waals surface area contributed by atoms with Gasteiger partial charge in [0.2, 0.25) is 5.79 Å². The molecule has 3 fully saturated rings. The molecule has 3 aliphatic rings. The molecule has 3 rings (SSSR count). The summed E-state index contributed by atoms with van der Waals surface area (Å²) in [5.74, 6) is -0.801. The van der Waals surface area contributed by atoms with Gasteiger partial charge in [0.25, 0.3) is 0 Å². The molecule has 1 atom stereocenters. The van der Waals surface area contributed by atoms with Crippen molar-refractivity contribution in [3.05, 3.63) is 0 Å². The fourth-order valence-corrected chi connectivity index (χ4v) is 4.40. The number of ether oxygens (including phenoxy) is 3. The molecule has 112 valence electrons. The second-order valence-electron chi connectivity index (χ2n) is 4.91. The molecular formula is C12H24O6Si. The van der Waals surface area contributed by atoms with E-state index in [-0.39, 0.29) is 19.0 Å². The maximum atomic E-state index is 5.94. The Kier molecular flexibility index (Phi) is 4.99. The molecule has 0 N–H and O–H groups in total. The third kappa shape index (κ3) is 3.02. The largest absolute Gasteiger partial charge is 0.500 e. The molecule has 0 aromatic carbocycles. The Hall–Kier alpha value is -0.0231. The minimum absolute atomic E-state index is 0.159. The predicted octanol–water partition coefficient (Wildman–Crippen LogP) is 1.52. The lowest BCUT2D eigenvalue weighted by atomic mass is 10.1. The van der Waals surface area contributed by atoms with Crippen molar-refractivity contribution in [2.45, 2.75) is 50.9 Å². The number of fused-ring (bicyclic) bond motifs is 3. The average Bonchev–Trinajstić information content (AvgIpc) is 2.63. The van der Waals surface area contributed by atoms with E-state index < -0.39 is 14.6 Å². The lowest BCUT2D eigenvalue weighted by Crippen LogP contribution is -2.63. The molecule has 1 unspecified atom stereocenters. The summed E-state index contributed by atoms with van der Waals surface area (Å²) in [5.41, 5.74) is 0. The van der Waals surface area contributed by atoms with Crippen molar-refractivity contribution >= 4 is 8.80 Å². The minimum atomic E-state index is -2.61. The van der Waals surface area contributed by atoms with Crippen molar-refractivity contribution in [3.8, 4) is 0 Å². The van der Waals surface area contributed by atoms with Gasteiger partial charge in [-0.2, -0.15) is 0 Å². The van der Waals surface area contributed by atoms with Gasteiger partial charge in [0.05, 0.1) is 13.2 Å². The van der Waals surface area contributed by atoms with Crippen LogP contribution in [0.25, 0.3) is 0 Å². The Morgan fingerprint density at radius 1 is 1.26 bits per heavy atom. The van der Waals surface area contributed by atoms with Crippen LogP contribution in [-0.2, 0) is 27.5 Å².